The molecule has 1 atom stereocenters. The topological polar surface area (TPSA) is 15.3 Å². The highest BCUT2D eigenvalue weighted by molar-refractivity contribution is 5.28. The first kappa shape index (κ1) is 14.0. The van der Waals surface area contributed by atoms with Crippen LogP contribution in [0.2, 0.25) is 0 Å². The van der Waals surface area contributed by atoms with E-state index in [1.165, 1.54) is 31.2 Å². The van der Waals surface area contributed by atoms with Crippen LogP contribution in [0.25, 0.3) is 0 Å². The summed E-state index contributed by atoms with van der Waals surface area (Å²) in [4.78, 5) is 2.50. The summed E-state index contributed by atoms with van der Waals surface area (Å²) in [5.74, 6) is 0.607. The molecule has 0 bridgehead atoms. The fourth-order valence-electron chi connectivity index (χ4n) is 3.87. The molecule has 1 aromatic rings. The number of aryl methyl sites for hydroxylation is 1. The average molecular weight is 276 g/mol. The summed E-state index contributed by atoms with van der Waals surface area (Å²) in [6, 6.07) is 5.87. The molecule has 20 heavy (non-hydrogen) atoms. The SMILES string of the molecule is Cc1ccc(F)c([C@@H](C2CCCC2)N2CCNCC2)c1. The number of rotatable bonds is 3. The number of hydrogen-bond donors (Lipinski definition) is 1. The maximum absolute atomic E-state index is 14.4. The first-order valence-electron chi connectivity index (χ1n) is 7.96. The summed E-state index contributed by atoms with van der Waals surface area (Å²) >= 11 is 0. The fourth-order valence-corrected chi connectivity index (χ4v) is 3.87. The minimum absolute atomic E-state index is 0.0222. The minimum Gasteiger partial charge on any atom is -0.314 e. The molecule has 1 aliphatic heterocycles. The van der Waals surface area contributed by atoms with Crippen LogP contribution in [0.3, 0.4) is 0 Å². The van der Waals surface area contributed by atoms with E-state index < -0.39 is 0 Å². The molecule has 2 nitrogen and oxygen atoms in total. The molecule has 2 aliphatic rings. The maximum Gasteiger partial charge on any atom is 0.128 e. The van der Waals surface area contributed by atoms with Gasteiger partial charge in [0.25, 0.3) is 0 Å². The average Bonchev–Trinajstić information content (AvgIpc) is 2.98. The minimum atomic E-state index is -0.0222. The van der Waals surface area contributed by atoms with Crippen molar-refractivity contribution in [2.45, 2.75) is 38.6 Å². The molecule has 110 valence electrons. The smallest absolute Gasteiger partial charge is 0.128 e. The lowest BCUT2D eigenvalue weighted by atomic mass is 9.88. The summed E-state index contributed by atoms with van der Waals surface area (Å²) in [5.41, 5.74) is 2.10. The van der Waals surface area contributed by atoms with Gasteiger partial charge in [0, 0.05) is 37.8 Å². The van der Waals surface area contributed by atoms with Crippen LogP contribution in [-0.4, -0.2) is 31.1 Å². The third-order valence-electron chi connectivity index (χ3n) is 4.86. The second-order valence-corrected chi connectivity index (χ2v) is 6.30. The molecule has 0 unspecified atom stereocenters. The summed E-state index contributed by atoms with van der Waals surface area (Å²) < 4.78 is 14.4. The molecule has 0 radical (unpaired) electrons. The molecular formula is C17H25FN2. The lowest BCUT2D eigenvalue weighted by Gasteiger charge is -2.39. The highest BCUT2D eigenvalue weighted by atomic mass is 19.1. The Morgan fingerprint density at radius 1 is 1.20 bits per heavy atom. The van der Waals surface area contributed by atoms with E-state index in [1.807, 2.05) is 6.07 Å². The monoisotopic (exact) mass is 276 g/mol. The third kappa shape index (κ3) is 2.89. The van der Waals surface area contributed by atoms with Crippen molar-refractivity contribution in [1.82, 2.24) is 10.2 Å². The van der Waals surface area contributed by atoms with Crippen LogP contribution in [0.1, 0.15) is 42.9 Å². The van der Waals surface area contributed by atoms with E-state index >= 15 is 0 Å². The molecule has 1 heterocycles. The molecule has 3 heteroatoms. The zero-order chi connectivity index (χ0) is 13.9. The lowest BCUT2D eigenvalue weighted by molar-refractivity contribution is 0.122. The number of benzene rings is 1. The van der Waals surface area contributed by atoms with Gasteiger partial charge in [0.2, 0.25) is 0 Å². The molecule has 1 aliphatic carbocycles. The van der Waals surface area contributed by atoms with Crippen LogP contribution in [0.4, 0.5) is 4.39 Å². The summed E-state index contributed by atoms with van der Waals surface area (Å²) in [5, 5.41) is 3.40. The molecule has 0 spiro atoms. The number of piperazine rings is 1. The molecule has 0 aromatic heterocycles. The van der Waals surface area contributed by atoms with Gasteiger partial charge in [-0.1, -0.05) is 30.5 Å². The second-order valence-electron chi connectivity index (χ2n) is 6.30. The Balaban J connectivity index is 1.92. The Hall–Kier alpha value is -0.930. The van der Waals surface area contributed by atoms with Gasteiger partial charge < -0.3 is 5.32 Å². The summed E-state index contributed by atoms with van der Waals surface area (Å²) in [6.45, 7) is 6.18. The van der Waals surface area contributed by atoms with E-state index in [0.29, 0.717) is 5.92 Å². The van der Waals surface area contributed by atoms with Crippen molar-refractivity contribution >= 4 is 0 Å². The van der Waals surface area contributed by atoms with Crippen LogP contribution in [-0.2, 0) is 0 Å². The summed E-state index contributed by atoms with van der Waals surface area (Å²) in [6.07, 6.45) is 5.12. The van der Waals surface area contributed by atoms with Gasteiger partial charge in [0.15, 0.2) is 0 Å². The summed E-state index contributed by atoms with van der Waals surface area (Å²) in [7, 11) is 0. The molecule has 1 saturated carbocycles. The van der Waals surface area contributed by atoms with Gasteiger partial charge in [-0.15, -0.1) is 0 Å². The Morgan fingerprint density at radius 2 is 1.90 bits per heavy atom. The zero-order valence-electron chi connectivity index (χ0n) is 12.4. The maximum atomic E-state index is 14.4. The van der Waals surface area contributed by atoms with Crippen molar-refractivity contribution in [2.75, 3.05) is 26.2 Å². The molecule has 1 saturated heterocycles. The number of halogens is 1. The Kier molecular flexibility index (Phi) is 4.37. The molecule has 2 fully saturated rings. The molecule has 3 rings (SSSR count). The van der Waals surface area contributed by atoms with Crippen molar-refractivity contribution in [2.24, 2.45) is 5.92 Å². The van der Waals surface area contributed by atoms with E-state index in [9.17, 15) is 4.39 Å². The normalized spacial score (nSPS) is 23.1. The molecular weight excluding hydrogens is 251 g/mol. The van der Waals surface area contributed by atoms with Crippen molar-refractivity contribution in [1.29, 1.82) is 0 Å². The van der Waals surface area contributed by atoms with Crippen LogP contribution in [0.15, 0.2) is 18.2 Å². The number of hydrogen-bond acceptors (Lipinski definition) is 2. The van der Waals surface area contributed by atoms with E-state index in [4.69, 9.17) is 0 Å². The highest BCUT2D eigenvalue weighted by Gasteiger charge is 2.33. The standard InChI is InChI=1S/C17H25FN2/c1-13-6-7-16(18)15(12-13)17(14-4-2-3-5-14)20-10-8-19-9-11-20/h6-7,12,14,17,19H,2-5,8-11H2,1H3/t17-/m1/s1. The van der Waals surface area contributed by atoms with Gasteiger partial charge in [-0.3, -0.25) is 4.90 Å². The molecule has 0 amide bonds. The fraction of sp³-hybridized carbons (Fsp3) is 0.647. The predicted molar refractivity (Wildman–Crippen MR) is 80.3 cm³/mol. The quantitative estimate of drug-likeness (QED) is 0.911. The van der Waals surface area contributed by atoms with Crippen molar-refractivity contribution < 1.29 is 4.39 Å². The van der Waals surface area contributed by atoms with E-state index in [2.05, 4.69) is 23.2 Å². The predicted octanol–water partition coefficient (Wildman–Crippen LogP) is 3.27. The third-order valence-corrected chi connectivity index (χ3v) is 4.86. The first-order valence-corrected chi connectivity index (χ1v) is 7.96. The van der Waals surface area contributed by atoms with Gasteiger partial charge in [0.1, 0.15) is 5.82 Å². The van der Waals surface area contributed by atoms with Gasteiger partial charge in [-0.05, 0) is 31.7 Å². The van der Waals surface area contributed by atoms with Gasteiger partial charge in [-0.2, -0.15) is 0 Å². The number of nitrogens with one attached hydrogen (secondary N) is 1. The van der Waals surface area contributed by atoms with Crippen molar-refractivity contribution in [3.63, 3.8) is 0 Å². The zero-order valence-corrected chi connectivity index (χ0v) is 12.4. The van der Waals surface area contributed by atoms with Gasteiger partial charge in [-0.25, -0.2) is 4.39 Å². The van der Waals surface area contributed by atoms with Crippen LogP contribution in [0.5, 0.6) is 0 Å². The first-order chi connectivity index (χ1) is 9.75. The lowest BCUT2D eigenvalue weighted by Crippen LogP contribution is -2.46. The van der Waals surface area contributed by atoms with Gasteiger partial charge >= 0.3 is 0 Å². The van der Waals surface area contributed by atoms with E-state index in [1.54, 1.807) is 6.07 Å². The molecule has 1 N–H and O–H groups in total. The van der Waals surface area contributed by atoms with Crippen LogP contribution < -0.4 is 5.32 Å². The van der Waals surface area contributed by atoms with Crippen LogP contribution in [0, 0.1) is 18.7 Å². The van der Waals surface area contributed by atoms with E-state index in [-0.39, 0.29) is 11.9 Å². The van der Waals surface area contributed by atoms with E-state index in [0.717, 1.165) is 31.7 Å². The number of nitrogens with zero attached hydrogens (tertiary/aromatic N) is 1. The van der Waals surface area contributed by atoms with Crippen LogP contribution >= 0.6 is 0 Å². The van der Waals surface area contributed by atoms with Gasteiger partial charge in [0.05, 0.1) is 0 Å². The Labute approximate surface area is 121 Å². The largest absolute Gasteiger partial charge is 0.314 e. The Bertz CT molecular complexity index is 448. The van der Waals surface area contributed by atoms with Crippen molar-refractivity contribution in [3.8, 4) is 0 Å². The molecule has 1 aromatic carbocycles. The Morgan fingerprint density at radius 3 is 2.60 bits per heavy atom. The highest BCUT2D eigenvalue weighted by Crippen LogP contribution is 2.40. The second kappa shape index (κ2) is 6.23. The van der Waals surface area contributed by atoms with Crippen molar-refractivity contribution in [3.05, 3.63) is 35.1 Å².